The highest BCUT2D eigenvalue weighted by Gasteiger charge is 2.18. The minimum Gasteiger partial charge on any atom is -0.495 e. The molecule has 2 aromatic rings. The van der Waals surface area contributed by atoms with Crippen molar-refractivity contribution in [2.45, 2.75) is 4.90 Å². The minimum absolute atomic E-state index is 0.0559. The summed E-state index contributed by atoms with van der Waals surface area (Å²) in [6, 6.07) is 12.2. The fraction of sp³-hybridized carbons (Fsp3) is 0.235. The fourth-order valence-electron chi connectivity index (χ4n) is 2.02. The van der Waals surface area contributed by atoms with Gasteiger partial charge in [-0.25, -0.2) is 13.2 Å². The molecule has 0 fully saturated rings. The van der Waals surface area contributed by atoms with Crippen molar-refractivity contribution in [3.8, 4) is 5.75 Å². The monoisotopic (exact) mass is 365 g/mol. The van der Waals surface area contributed by atoms with Crippen molar-refractivity contribution < 1.29 is 27.4 Å². The molecule has 0 aliphatic heterocycles. The quantitative estimate of drug-likeness (QED) is 0.570. The van der Waals surface area contributed by atoms with Gasteiger partial charge in [0.15, 0.2) is 0 Å². The molecule has 0 aromatic heterocycles. The first-order valence-electron chi connectivity index (χ1n) is 7.40. The Kier molecular flexibility index (Phi) is 6.37. The van der Waals surface area contributed by atoms with Crippen LogP contribution >= 0.6 is 0 Å². The van der Waals surface area contributed by atoms with E-state index < -0.39 is 16.0 Å². The summed E-state index contributed by atoms with van der Waals surface area (Å²) < 4.78 is 42.5. The summed E-state index contributed by atoms with van der Waals surface area (Å²) in [4.78, 5) is 11.9. The second kappa shape index (κ2) is 8.50. The van der Waals surface area contributed by atoms with Gasteiger partial charge >= 0.3 is 5.97 Å². The SMILES string of the molecule is COCCOC(=O)c1cccc(S(=O)(=O)Nc2ccccc2OC)c1. The number of hydrogen-bond acceptors (Lipinski definition) is 6. The van der Waals surface area contributed by atoms with Gasteiger partial charge in [0.2, 0.25) is 0 Å². The highest BCUT2D eigenvalue weighted by atomic mass is 32.2. The molecule has 0 unspecified atom stereocenters. The Morgan fingerprint density at radius 2 is 1.80 bits per heavy atom. The number of ether oxygens (including phenoxy) is 3. The van der Waals surface area contributed by atoms with Gasteiger partial charge in [-0.3, -0.25) is 4.72 Å². The number of hydrogen-bond donors (Lipinski definition) is 1. The summed E-state index contributed by atoms with van der Waals surface area (Å²) in [7, 11) is -0.951. The molecule has 2 rings (SSSR count). The molecule has 0 saturated heterocycles. The smallest absolute Gasteiger partial charge is 0.338 e. The first-order valence-corrected chi connectivity index (χ1v) is 8.88. The van der Waals surface area contributed by atoms with E-state index in [2.05, 4.69) is 4.72 Å². The topological polar surface area (TPSA) is 90.9 Å². The molecule has 0 aliphatic rings. The number of rotatable bonds is 8. The third-order valence-corrected chi connectivity index (χ3v) is 4.62. The number of carbonyl (C=O) groups is 1. The molecule has 1 N–H and O–H groups in total. The Labute approximate surface area is 146 Å². The van der Waals surface area contributed by atoms with Gasteiger partial charge in [-0.05, 0) is 30.3 Å². The van der Waals surface area contributed by atoms with E-state index >= 15 is 0 Å². The lowest BCUT2D eigenvalue weighted by Gasteiger charge is -2.12. The van der Waals surface area contributed by atoms with Crippen LogP contribution in [0.4, 0.5) is 5.69 Å². The number of para-hydroxylation sites is 2. The van der Waals surface area contributed by atoms with E-state index in [0.717, 1.165) is 0 Å². The number of carbonyl (C=O) groups excluding carboxylic acids is 1. The molecule has 0 spiro atoms. The minimum atomic E-state index is -3.89. The van der Waals surface area contributed by atoms with Gasteiger partial charge in [0.1, 0.15) is 12.4 Å². The summed E-state index contributed by atoms with van der Waals surface area (Å²) >= 11 is 0. The average Bonchev–Trinajstić information content (AvgIpc) is 2.62. The maximum Gasteiger partial charge on any atom is 0.338 e. The van der Waals surface area contributed by atoms with Gasteiger partial charge in [-0.15, -0.1) is 0 Å². The predicted molar refractivity (Wildman–Crippen MR) is 92.4 cm³/mol. The Balaban J connectivity index is 2.22. The van der Waals surface area contributed by atoms with Crippen molar-refractivity contribution in [3.63, 3.8) is 0 Å². The van der Waals surface area contributed by atoms with Crippen LogP contribution in [0.5, 0.6) is 5.75 Å². The molecule has 2 aromatic carbocycles. The van der Waals surface area contributed by atoms with Crippen molar-refractivity contribution in [2.24, 2.45) is 0 Å². The standard InChI is InChI=1S/C17H19NO6S/c1-22-10-11-24-17(19)13-6-5-7-14(12-13)25(20,21)18-15-8-3-4-9-16(15)23-2/h3-9,12,18H,10-11H2,1-2H3. The molecular formula is C17H19NO6S. The number of methoxy groups -OCH3 is 2. The van der Waals surface area contributed by atoms with Gasteiger partial charge in [0.05, 0.1) is 29.9 Å². The van der Waals surface area contributed by atoms with E-state index in [0.29, 0.717) is 11.4 Å². The van der Waals surface area contributed by atoms with E-state index in [1.54, 1.807) is 24.3 Å². The second-order valence-electron chi connectivity index (χ2n) is 4.96. The van der Waals surface area contributed by atoms with E-state index in [9.17, 15) is 13.2 Å². The summed E-state index contributed by atoms with van der Waals surface area (Å²) in [5.41, 5.74) is 0.442. The average molecular weight is 365 g/mol. The molecule has 0 saturated carbocycles. The Hall–Kier alpha value is -2.58. The molecule has 0 heterocycles. The van der Waals surface area contributed by atoms with Crippen LogP contribution in [-0.2, 0) is 19.5 Å². The van der Waals surface area contributed by atoms with Crippen LogP contribution in [0.25, 0.3) is 0 Å². The van der Waals surface area contributed by atoms with Crippen LogP contribution in [0, 0.1) is 0 Å². The number of esters is 1. The highest BCUT2D eigenvalue weighted by Crippen LogP contribution is 2.26. The van der Waals surface area contributed by atoms with Crippen LogP contribution in [0.3, 0.4) is 0 Å². The summed E-state index contributed by atoms with van der Waals surface area (Å²) in [5, 5.41) is 0. The largest absolute Gasteiger partial charge is 0.495 e. The molecule has 0 amide bonds. The van der Waals surface area contributed by atoms with Gasteiger partial charge < -0.3 is 14.2 Å². The van der Waals surface area contributed by atoms with E-state index in [4.69, 9.17) is 14.2 Å². The van der Waals surface area contributed by atoms with Crippen molar-refractivity contribution >= 4 is 21.7 Å². The molecule has 25 heavy (non-hydrogen) atoms. The maximum absolute atomic E-state index is 12.6. The van der Waals surface area contributed by atoms with Crippen molar-refractivity contribution in [1.82, 2.24) is 0 Å². The first-order chi connectivity index (χ1) is 12.0. The normalized spacial score (nSPS) is 11.0. The second-order valence-corrected chi connectivity index (χ2v) is 6.64. The predicted octanol–water partition coefficient (Wildman–Crippen LogP) is 2.30. The molecule has 0 bridgehead atoms. The lowest BCUT2D eigenvalue weighted by Crippen LogP contribution is -2.15. The number of sulfonamides is 1. The van der Waals surface area contributed by atoms with E-state index in [1.165, 1.54) is 38.5 Å². The third-order valence-electron chi connectivity index (χ3n) is 3.25. The Morgan fingerprint density at radius 1 is 1.04 bits per heavy atom. The van der Waals surface area contributed by atoms with E-state index in [1.807, 2.05) is 0 Å². The maximum atomic E-state index is 12.6. The summed E-state index contributed by atoms with van der Waals surface area (Å²) in [6.45, 7) is 0.352. The molecule has 134 valence electrons. The lowest BCUT2D eigenvalue weighted by atomic mass is 10.2. The van der Waals surface area contributed by atoms with Crippen LogP contribution < -0.4 is 9.46 Å². The zero-order valence-electron chi connectivity index (χ0n) is 13.9. The summed E-state index contributed by atoms with van der Waals surface area (Å²) in [6.07, 6.45) is 0. The fourth-order valence-corrected chi connectivity index (χ4v) is 3.14. The van der Waals surface area contributed by atoms with Crippen LogP contribution in [0.1, 0.15) is 10.4 Å². The molecule has 8 heteroatoms. The lowest BCUT2D eigenvalue weighted by molar-refractivity contribution is 0.0388. The zero-order valence-corrected chi connectivity index (χ0v) is 14.7. The summed E-state index contributed by atoms with van der Waals surface area (Å²) in [5.74, 6) is -0.229. The number of anilines is 1. The Morgan fingerprint density at radius 3 is 2.52 bits per heavy atom. The molecular weight excluding hydrogens is 346 g/mol. The third kappa shape index (κ3) is 4.94. The Bertz CT molecular complexity index is 835. The van der Waals surface area contributed by atoms with Crippen LogP contribution in [0.15, 0.2) is 53.4 Å². The molecule has 0 atom stereocenters. The van der Waals surface area contributed by atoms with Crippen molar-refractivity contribution in [2.75, 3.05) is 32.2 Å². The van der Waals surface area contributed by atoms with Gasteiger partial charge in [-0.2, -0.15) is 0 Å². The number of benzene rings is 2. The van der Waals surface area contributed by atoms with Crippen molar-refractivity contribution in [3.05, 3.63) is 54.1 Å². The van der Waals surface area contributed by atoms with E-state index in [-0.39, 0.29) is 23.7 Å². The molecule has 0 aliphatic carbocycles. The van der Waals surface area contributed by atoms with Gasteiger partial charge in [0.25, 0.3) is 10.0 Å². The van der Waals surface area contributed by atoms with Gasteiger partial charge in [-0.1, -0.05) is 18.2 Å². The molecule has 0 radical (unpaired) electrons. The molecule has 7 nitrogen and oxygen atoms in total. The van der Waals surface area contributed by atoms with Gasteiger partial charge in [0, 0.05) is 7.11 Å². The van der Waals surface area contributed by atoms with Crippen LogP contribution in [0.2, 0.25) is 0 Å². The number of nitrogens with one attached hydrogen (secondary N) is 1. The first kappa shape index (κ1) is 18.8. The highest BCUT2D eigenvalue weighted by molar-refractivity contribution is 7.92. The van der Waals surface area contributed by atoms with Crippen LogP contribution in [-0.4, -0.2) is 41.8 Å². The van der Waals surface area contributed by atoms with Crippen molar-refractivity contribution in [1.29, 1.82) is 0 Å². The zero-order chi connectivity index (χ0) is 18.3.